The number of carbonyl (C=O) groups is 1. The Hall–Kier alpha value is -1.94. The first kappa shape index (κ1) is 13.5. The normalized spacial score (nSPS) is 10.0. The quantitative estimate of drug-likeness (QED) is 0.829. The Morgan fingerprint density at radius 1 is 1.21 bits per heavy atom. The molecule has 0 aliphatic carbocycles. The van der Waals surface area contributed by atoms with Crippen LogP contribution < -0.4 is 5.32 Å². The van der Waals surface area contributed by atoms with Crippen LogP contribution in [0.1, 0.15) is 11.1 Å². The van der Waals surface area contributed by atoms with E-state index < -0.39 is 6.09 Å². The van der Waals surface area contributed by atoms with E-state index in [1.807, 2.05) is 49.4 Å². The maximum atomic E-state index is 11.7. The van der Waals surface area contributed by atoms with Crippen molar-refractivity contribution in [2.24, 2.45) is 0 Å². The van der Waals surface area contributed by atoms with Crippen LogP contribution in [0.5, 0.6) is 0 Å². The number of hydrogen-bond donors (Lipinski definition) is 2. The van der Waals surface area contributed by atoms with Crippen LogP contribution in [0.3, 0.4) is 0 Å². The summed E-state index contributed by atoms with van der Waals surface area (Å²) in [7, 11) is 0. The van der Waals surface area contributed by atoms with Crippen molar-refractivity contribution in [3.05, 3.63) is 59.7 Å². The fourth-order valence-corrected chi connectivity index (χ4v) is 1.93. The molecule has 0 aliphatic heterocycles. The van der Waals surface area contributed by atoms with Gasteiger partial charge in [-0.25, -0.2) is 4.79 Å². The highest BCUT2D eigenvalue weighted by Crippen LogP contribution is 2.18. The average Bonchev–Trinajstić information content (AvgIpc) is 2.41. The van der Waals surface area contributed by atoms with Gasteiger partial charge >= 0.3 is 6.09 Å². The summed E-state index contributed by atoms with van der Waals surface area (Å²) in [5.74, 6) is 0. The van der Waals surface area contributed by atoms with Crippen LogP contribution >= 0.6 is 12.6 Å². The van der Waals surface area contributed by atoms with Gasteiger partial charge in [-0.3, -0.25) is 5.32 Å². The first-order valence-corrected chi connectivity index (χ1v) is 6.37. The number of carbonyl (C=O) groups excluding carboxylic acids is 1. The van der Waals surface area contributed by atoms with Crippen molar-refractivity contribution in [3.8, 4) is 0 Å². The van der Waals surface area contributed by atoms with Crippen LogP contribution in [0.2, 0.25) is 0 Å². The largest absolute Gasteiger partial charge is 0.444 e. The van der Waals surface area contributed by atoms with Gasteiger partial charge in [-0.2, -0.15) is 0 Å². The Balaban J connectivity index is 1.91. The fourth-order valence-electron chi connectivity index (χ4n) is 1.66. The van der Waals surface area contributed by atoms with E-state index in [4.69, 9.17) is 4.74 Å². The molecule has 4 heteroatoms. The van der Waals surface area contributed by atoms with Crippen molar-refractivity contribution >= 4 is 24.4 Å². The van der Waals surface area contributed by atoms with E-state index in [1.54, 1.807) is 6.07 Å². The lowest BCUT2D eigenvalue weighted by atomic mass is 10.2. The zero-order chi connectivity index (χ0) is 13.7. The topological polar surface area (TPSA) is 38.3 Å². The van der Waals surface area contributed by atoms with E-state index in [9.17, 15) is 4.79 Å². The molecule has 2 aromatic carbocycles. The number of nitrogens with one attached hydrogen (secondary N) is 1. The summed E-state index contributed by atoms with van der Waals surface area (Å²) < 4.78 is 5.15. The Labute approximate surface area is 118 Å². The zero-order valence-corrected chi connectivity index (χ0v) is 11.5. The molecule has 98 valence electrons. The predicted molar refractivity (Wildman–Crippen MR) is 78.7 cm³/mol. The van der Waals surface area contributed by atoms with Crippen LogP contribution in [0, 0.1) is 6.92 Å². The number of hydrogen-bond acceptors (Lipinski definition) is 3. The summed E-state index contributed by atoms with van der Waals surface area (Å²) in [4.78, 5) is 12.5. The highest BCUT2D eigenvalue weighted by molar-refractivity contribution is 7.80. The van der Waals surface area contributed by atoms with Crippen molar-refractivity contribution in [2.45, 2.75) is 18.4 Å². The number of aryl methyl sites for hydroxylation is 1. The molecule has 1 N–H and O–H groups in total. The van der Waals surface area contributed by atoms with E-state index in [0.29, 0.717) is 0 Å². The highest BCUT2D eigenvalue weighted by Gasteiger charge is 2.06. The van der Waals surface area contributed by atoms with E-state index in [2.05, 4.69) is 17.9 Å². The lowest BCUT2D eigenvalue weighted by molar-refractivity contribution is 0.155. The number of thiol groups is 1. The van der Waals surface area contributed by atoms with E-state index in [-0.39, 0.29) is 6.61 Å². The van der Waals surface area contributed by atoms with Crippen molar-refractivity contribution in [1.29, 1.82) is 0 Å². The summed E-state index contributed by atoms with van der Waals surface area (Å²) >= 11 is 4.24. The third-order valence-electron chi connectivity index (χ3n) is 2.66. The first-order valence-electron chi connectivity index (χ1n) is 5.92. The Bertz CT molecular complexity index is 570. The molecule has 19 heavy (non-hydrogen) atoms. The fraction of sp³-hybridized carbons (Fsp3) is 0.133. The molecule has 0 unspecified atom stereocenters. The van der Waals surface area contributed by atoms with Crippen LogP contribution in [-0.4, -0.2) is 6.09 Å². The van der Waals surface area contributed by atoms with Crippen molar-refractivity contribution in [3.63, 3.8) is 0 Å². The number of amides is 1. The lowest BCUT2D eigenvalue weighted by Crippen LogP contribution is -2.14. The van der Waals surface area contributed by atoms with E-state index in [1.165, 1.54) is 0 Å². The molecule has 0 atom stereocenters. The van der Waals surface area contributed by atoms with Gasteiger partial charge in [0.05, 0.1) is 0 Å². The van der Waals surface area contributed by atoms with Gasteiger partial charge in [-0.15, -0.1) is 12.6 Å². The zero-order valence-electron chi connectivity index (χ0n) is 10.6. The minimum absolute atomic E-state index is 0.260. The van der Waals surface area contributed by atoms with Crippen LogP contribution in [0.25, 0.3) is 0 Å². The molecule has 2 rings (SSSR count). The SMILES string of the molecule is Cc1cc(S)ccc1NC(=O)OCc1ccccc1. The number of anilines is 1. The Morgan fingerprint density at radius 3 is 2.63 bits per heavy atom. The predicted octanol–water partition coefficient (Wildman–Crippen LogP) is 4.03. The molecule has 0 aliphatic rings. The minimum Gasteiger partial charge on any atom is -0.444 e. The van der Waals surface area contributed by atoms with Gasteiger partial charge in [0.1, 0.15) is 6.61 Å². The van der Waals surface area contributed by atoms with Crippen LogP contribution in [-0.2, 0) is 11.3 Å². The minimum atomic E-state index is -0.459. The second-order valence-electron chi connectivity index (χ2n) is 4.19. The molecule has 1 amide bonds. The third-order valence-corrected chi connectivity index (χ3v) is 2.94. The van der Waals surface area contributed by atoms with Gasteiger partial charge in [0.25, 0.3) is 0 Å². The van der Waals surface area contributed by atoms with Crippen LogP contribution in [0.15, 0.2) is 53.4 Å². The number of rotatable bonds is 3. The molecule has 3 nitrogen and oxygen atoms in total. The molecule has 0 aromatic heterocycles. The molecular weight excluding hydrogens is 258 g/mol. The maximum absolute atomic E-state index is 11.7. The van der Waals surface area contributed by atoms with Gasteiger partial charge in [-0.05, 0) is 36.2 Å². The molecule has 0 saturated heterocycles. The maximum Gasteiger partial charge on any atom is 0.411 e. The van der Waals surface area contributed by atoms with Crippen molar-refractivity contribution in [2.75, 3.05) is 5.32 Å². The molecule has 0 heterocycles. The third kappa shape index (κ3) is 4.03. The van der Waals surface area contributed by atoms with E-state index in [0.717, 1.165) is 21.7 Å². The second kappa shape index (κ2) is 6.29. The first-order chi connectivity index (χ1) is 9.15. The molecule has 0 saturated carbocycles. The molecule has 0 fully saturated rings. The van der Waals surface area contributed by atoms with Gasteiger partial charge in [0.2, 0.25) is 0 Å². The second-order valence-corrected chi connectivity index (χ2v) is 4.70. The van der Waals surface area contributed by atoms with Crippen molar-refractivity contribution < 1.29 is 9.53 Å². The summed E-state index contributed by atoms with van der Waals surface area (Å²) in [6.07, 6.45) is -0.459. The molecule has 0 radical (unpaired) electrons. The monoisotopic (exact) mass is 273 g/mol. The number of ether oxygens (including phenoxy) is 1. The van der Waals surface area contributed by atoms with Gasteiger partial charge in [0, 0.05) is 10.6 Å². The lowest BCUT2D eigenvalue weighted by Gasteiger charge is -2.09. The smallest absolute Gasteiger partial charge is 0.411 e. The summed E-state index contributed by atoms with van der Waals surface area (Å²) in [5.41, 5.74) is 2.64. The van der Waals surface area contributed by atoms with Crippen LogP contribution in [0.4, 0.5) is 10.5 Å². The average molecular weight is 273 g/mol. The highest BCUT2D eigenvalue weighted by atomic mass is 32.1. The van der Waals surface area contributed by atoms with E-state index >= 15 is 0 Å². The van der Waals surface area contributed by atoms with Gasteiger partial charge in [0.15, 0.2) is 0 Å². The molecule has 0 bridgehead atoms. The molecule has 2 aromatic rings. The summed E-state index contributed by atoms with van der Waals surface area (Å²) in [6, 6.07) is 15.1. The Morgan fingerprint density at radius 2 is 1.95 bits per heavy atom. The summed E-state index contributed by atoms with van der Waals surface area (Å²) in [6.45, 7) is 2.17. The standard InChI is InChI=1S/C15H15NO2S/c1-11-9-13(19)7-8-14(11)16-15(17)18-10-12-5-3-2-4-6-12/h2-9,19H,10H2,1H3,(H,16,17). The van der Waals surface area contributed by atoms with Crippen molar-refractivity contribution in [1.82, 2.24) is 0 Å². The molecular formula is C15H15NO2S. The molecule has 0 spiro atoms. The summed E-state index contributed by atoms with van der Waals surface area (Å²) in [5, 5.41) is 2.71. The number of benzene rings is 2. The van der Waals surface area contributed by atoms with Gasteiger partial charge in [-0.1, -0.05) is 30.3 Å². The Kier molecular flexibility index (Phi) is 4.47. The van der Waals surface area contributed by atoms with Gasteiger partial charge < -0.3 is 4.74 Å².